The van der Waals surface area contributed by atoms with Crippen LogP contribution in [-0.2, 0) is 4.79 Å². The van der Waals surface area contributed by atoms with E-state index in [-0.39, 0.29) is 11.5 Å². The van der Waals surface area contributed by atoms with Crippen LogP contribution in [0.2, 0.25) is 0 Å². The van der Waals surface area contributed by atoms with Gasteiger partial charge in [-0.1, -0.05) is 0 Å². The highest BCUT2D eigenvalue weighted by Gasteiger charge is 2.38. The highest BCUT2D eigenvalue weighted by Crippen LogP contribution is 2.39. The first-order chi connectivity index (χ1) is 11.5. The van der Waals surface area contributed by atoms with Gasteiger partial charge in [-0.15, -0.1) is 0 Å². The van der Waals surface area contributed by atoms with Crippen molar-refractivity contribution in [1.82, 2.24) is 24.2 Å². The molecule has 1 saturated carbocycles. The third kappa shape index (κ3) is 2.43. The van der Waals surface area contributed by atoms with Crippen LogP contribution >= 0.6 is 0 Å². The fraction of sp³-hybridized carbons (Fsp3) is 0.588. The number of fused-ring (bicyclic) bond motifs is 1. The van der Waals surface area contributed by atoms with Gasteiger partial charge in [-0.25, -0.2) is 4.98 Å². The Balaban J connectivity index is 1.44. The summed E-state index contributed by atoms with van der Waals surface area (Å²) in [5, 5.41) is 0. The maximum Gasteiger partial charge on any atom is 0.274 e. The van der Waals surface area contributed by atoms with Crippen molar-refractivity contribution in [3.8, 4) is 0 Å². The summed E-state index contributed by atoms with van der Waals surface area (Å²) in [6.07, 6.45) is 5.72. The van der Waals surface area contributed by atoms with Crippen LogP contribution in [0.25, 0.3) is 5.52 Å². The standard InChI is InChI=1S/C17H23N5O2/c1-11-15-17(24)18-3-4-22(15)16(19-11)13-9-14(10-13)21-7-5-20(6-8-21)12(2)23/h3-4,13-14H,5-10H2,1-2H3,(H,18,24). The topological polar surface area (TPSA) is 73.7 Å². The number of aromatic amines is 1. The SMILES string of the molecule is CC(=O)N1CCN(C2CC(c3nc(C)c4c(=O)[nH]ccn34)C2)CC1. The van der Waals surface area contributed by atoms with E-state index >= 15 is 0 Å². The molecule has 1 N–H and O–H groups in total. The molecule has 0 bridgehead atoms. The Morgan fingerprint density at radius 2 is 1.96 bits per heavy atom. The number of imidazole rings is 1. The van der Waals surface area contributed by atoms with E-state index in [2.05, 4.69) is 14.9 Å². The number of amides is 1. The van der Waals surface area contributed by atoms with Gasteiger partial charge in [0.15, 0.2) is 0 Å². The van der Waals surface area contributed by atoms with Crippen LogP contribution < -0.4 is 5.56 Å². The summed E-state index contributed by atoms with van der Waals surface area (Å²) in [7, 11) is 0. The summed E-state index contributed by atoms with van der Waals surface area (Å²) in [5.41, 5.74) is 1.38. The van der Waals surface area contributed by atoms with Crippen LogP contribution in [0.4, 0.5) is 0 Å². The summed E-state index contributed by atoms with van der Waals surface area (Å²) >= 11 is 0. The van der Waals surface area contributed by atoms with E-state index in [1.54, 1.807) is 13.1 Å². The second-order valence-corrected chi connectivity index (χ2v) is 6.93. The molecule has 7 nitrogen and oxygen atoms in total. The molecule has 4 rings (SSSR count). The van der Waals surface area contributed by atoms with Crippen molar-refractivity contribution in [3.05, 3.63) is 34.3 Å². The number of nitrogens with zero attached hydrogens (tertiary/aromatic N) is 4. The third-order valence-corrected chi connectivity index (χ3v) is 5.52. The van der Waals surface area contributed by atoms with Crippen molar-refractivity contribution < 1.29 is 4.79 Å². The van der Waals surface area contributed by atoms with Gasteiger partial charge in [0.05, 0.1) is 5.69 Å². The number of aryl methyl sites for hydroxylation is 1. The number of hydrogen-bond acceptors (Lipinski definition) is 4. The van der Waals surface area contributed by atoms with Crippen molar-refractivity contribution in [3.63, 3.8) is 0 Å². The molecule has 0 spiro atoms. The number of H-pyrrole nitrogens is 1. The predicted octanol–water partition coefficient (Wildman–Crippen LogP) is 0.741. The van der Waals surface area contributed by atoms with Crippen LogP contribution in [-0.4, -0.2) is 62.3 Å². The molecule has 7 heteroatoms. The number of carbonyl (C=O) groups excluding carboxylic acids is 1. The number of piperazine rings is 1. The largest absolute Gasteiger partial charge is 0.340 e. The maximum absolute atomic E-state index is 12.0. The molecule has 2 aromatic heterocycles. The van der Waals surface area contributed by atoms with Gasteiger partial charge in [0.1, 0.15) is 11.3 Å². The van der Waals surface area contributed by atoms with Gasteiger partial charge in [0.2, 0.25) is 5.91 Å². The van der Waals surface area contributed by atoms with Crippen LogP contribution in [0.3, 0.4) is 0 Å². The van der Waals surface area contributed by atoms with Crippen LogP contribution in [0.5, 0.6) is 0 Å². The minimum atomic E-state index is -0.0787. The van der Waals surface area contributed by atoms with Gasteiger partial charge < -0.3 is 9.88 Å². The molecular formula is C17H23N5O2. The maximum atomic E-state index is 12.0. The summed E-state index contributed by atoms with van der Waals surface area (Å²) in [6.45, 7) is 7.11. The fourth-order valence-corrected chi connectivity index (χ4v) is 4.03. The molecule has 0 unspecified atom stereocenters. The van der Waals surface area contributed by atoms with Gasteiger partial charge in [0.25, 0.3) is 5.56 Å². The quantitative estimate of drug-likeness (QED) is 0.882. The lowest BCUT2D eigenvalue weighted by molar-refractivity contribution is -0.131. The molecule has 0 radical (unpaired) electrons. The first-order valence-electron chi connectivity index (χ1n) is 8.60. The molecule has 0 atom stereocenters. The average molecular weight is 329 g/mol. The Morgan fingerprint density at radius 1 is 1.25 bits per heavy atom. The first kappa shape index (κ1) is 15.4. The highest BCUT2D eigenvalue weighted by molar-refractivity contribution is 5.73. The second-order valence-electron chi connectivity index (χ2n) is 6.93. The van der Waals surface area contributed by atoms with E-state index in [4.69, 9.17) is 0 Å². The van der Waals surface area contributed by atoms with Crippen molar-refractivity contribution in [2.45, 2.75) is 38.6 Å². The molecule has 24 heavy (non-hydrogen) atoms. The van der Waals surface area contributed by atoms with E-state index in [0.29, 0.717) is 17.5 Å². The zero-order chi connectivity index (χ0) is 16.8. The molecule has 1 amide bonds. The Morgan fingerprint density at radius 3 is 2.62 bits per heavy atom. The van der Waals surface area contributed by atoms with E-state index in [0.717, 1.165) is 50.5 Å². The van der Waals surface area contributed by atoms with Gasteiger partial charge in [-0.05, 0) is 19.8 Å². The summed E-state index contributed by atoms with van der Waals surface area (Å²) < 4.78 is 1.95. The zero-order valence-electron chi connectivity index (χ0n) is 14.2. The summed E-state index contributed by atoms with van der Waals surface area (Å²) in [4.78, 5) is 35.2. The molecule has 1 aliphatic heterocycles. The minimum Gasteiger partial charge on any atom is -0.340 e. The van der Waals surface area contributed by atoms with Gasteiger partial charge >= 0.3 is 0 Å². The fourth-order valence-electron chi connectivity index (χ4n) is 4.03. The molecule has 2 fully saturated rings. The lowest BCUT2D eigenvalue weighted by Gasteiger charge is -2.46. The van der Waals surface area contributed by atoms with Crippen LogP contribution in [0.15, 0.2) is 17.2 Å². The van der Waals surface area contributed by atoms with Gasteiger partial charge in [0, 0.05) is 57.5 Å². The highest BCUT2D eigenvalue weighted by atomic mass is 16.2. The molecule has 2 aromatic rings. The van der Waals surface area contributed by atoms with E-state index < -0.39 is 0 Å². The number of hydrogen-bond donors (Lipinski definition) is 1. The van der Waals surface area contributed by atoms with E-state index in [1.807, 2.05) is 22.4 Å². The number of nitrogens with one attached hydrogen (secondary N) is 1. The lowest BCUT2D eigenvalue weighted by Crippen LogP contribution is -2.54. The van der Waals surface area contributed by atoms with Gasteiger partial charge in [-0.3, -0.25) is 18.9 Å². The molecule has 1 saturated heterocycles. The lowest BCUT2D eigenvalue weighted by atomic mass is 9.78. The van der Waals surface area contributed by atoms with E-state index in [9.17, 15) is 9.59 Å². The van der Waals surface area contributed by atoms with Crippen molar-refractivity contribution in [1.29, 1.82) is 0 Å². The summed E-state index contributed by atoms with van der Waals surface area (Å²) in [6, 6.07) is 0.568. The molecule has 2 aliphatic rings. The Bertz CT molecular complexity index is 825. The van der Waals surface area contributed by atoms with Crippen molar-refractivity contribution in [2.75, 3.05) is 26.2 Å². The van der Waals surface area contributed by atoms with Crippen LogP contribution in [0.1, 0.15) is 37.2 Å². The number of carbonyl (C=O) groups is 1. The Kier molecular flexibility index (Phi) is 3.68. The number of aromatic nitrogens is 3. The number of rotatable bonds is 2. The van der Waals surface area contributed by atoms with E-state index in [1.165, 1.54) is 0 Å². The Labute approximate surface area is 140 Å². The van der Waals surface area contributed by atoms with Gasteiger partial charge in [-0.2, -0.15) is 0 Å². The Hall–Kier alpha value is -2.15. The molecular weight excluding hydrogens is 306 g/mol. The zero-order valence-corrected chi connectivity index (χ0v) is 14.2. The van der Waals surface area contributed by atoms with Crippen molar-refractivity contribution in [2.24, 2.45) is 0 Å². The monoisotopic (exact) mass is 329 g/mol. The van der Waals surface area contributed by atoms with Crippen LogP contribution in [0, 0.1) is 6.92 Å². The predicted molar refractivity (Wildman–Crippen MR) is 90.1 cm³/mol. The minimum absolute atomic E-state index is 0.0787. The second kappa shape index (κ2) is 5.73. The summed E-state index contributed by atoms with van der Waals surface area (Å²) in [5.74, 6) is 1.58. The molecule has 1 aliphatic carbocycles. The molecule has 128 valence electrons. The third-order valence-electron chi connectivity index (χ3n) is 5.52. The normalized spacial score (nSPS) is 25.0. The molecule has 3 heterocycles. The average Bonchev–Trinajstić information content (AvgIpc) is 2.85. The molecule has 0 aromatic carbocycles. The first-order valence-corrected chi connectivity index (χ1v) is 8.60. The van der Waals surface area contributed by atoms with Crippen molar-refractivity contribution >= 4 is 11.4 Å². The smallest absolute Gasteiger partial charge is 0.274 e.